The lowest BCUT2D eigenvalue weighted by atomic mass is 10.1. The third-order valence-corrected chi connectivity index (χ3v) is 3.32. The fourth-order valence-electron chi connectivity index (χ4n) is 2.25. The Bertz CT molecular complexity index is 477. The first-order chi connectivity index (χ1) is 8.70. The van der Waals surface area contributed by atoms with Gasteiger partial charge >= 0.3 is 5.97 Å². The number of anilines is 1. The molecule has 0 spiro atoms. The second-order valence-electron chi connectivity index (χ2n) is 4.60. The van der Waals surface area contributed by atoms with Crippen LogP contribution in [0.15, 0.2) is 29.8 Å². The summed E-state index contributed by atoms with van der Waals surface area (Å²) < 4.78 is 4.64. The Balaban J connectivity index is 1.93. The number of ether oxygens (including phenoxy) is 1. The molecule has 0 bridgehead atoms. The van der Waals surface area contributed by atoms with Crippen LogP contribution in [0.5, 0.6) is 0 Å². The van der Waals surface area contributed by atoms with Crippen LogP contribution in [0.1, 0.15) is 24.5 Å². The van der Waals surface area contributed by atoms with E-state index >= 15 is 0 Å². The second kappa shape index (κ2) is 5.71. The first-order valence-corrected chi connectivity index (χ1v) is 6.31. The molecule has 1 aliphatic carbocycles. The molecular formula is C15H19NO2. The molecule has 96 valence electrons. The van der Waals surface area contributed by atoms with Gasteiger partial charge in [0.1, 0.15) is 0 Å². The van der Waals surface area contributed by atoms with Crippen molar-refractivity contribution in [2.24, 2.45) is 0 Å². The van der Waals surface area contributed by atoms with E-state index in [1.54, 1.807) is 6.92 Å². The highest BCUT2D eigenvalue weighted by atomic mass is 16.5. The molecule has 1 aromatic rings. The molecule has 1 N–H and O–H groups in total. The lowest BCUT2D eigenvalue weighted by Gasteiger charge is -2.07. The van der Waals surface area contributed by atoms with Gasteiger partial charge < -0.3 is 10.1 Å². The van der Waals surface area contributed by atoms with Crippen molar-refractivity contribution in [2.75, 3.05) is 19.0 Å². The number of carbonyl (C=O) groups is 1. The van der Waals surface area contributed by atoms with E-state index < -0.39 is 0 Å². The van der Waals surface area contributed by atoms with Gasteiger partial charge in [0.25, 0.3) is 0 Å². The summed E-state index contributed by atoms with van der Waals surface area (Å²) in [5, 5.41) is 3.30. The van der Waals surface area contributed by atoms with Crippen molar-refractivity contribution < 1.29 is 9.53 Å². The van der Waals surface area contributed by atoms with Crippen LogP contribution in [0, 0.1) is 0 Å². The minimum absolute atomic E-state index is 0.272. The zero-order valence-corrected chi connectivity index (χ0v) is 11.0. The highest BCUT2D eigenvalue weighted by Crippen LogP contribution is 2.24. The van der Waals surface area contributed by atoms with Gasteiger partial charge in [-0.3, -0.25) is 0 Å². The van der Waals surface area contributed by atoms with E-state index in [0.717, 1.165) is 5.69 Å². The van der Waals surface area contributed by atoms with Crippen molar-refractivity contribution in [3.63, 3.8) is 0 Å². The van der Waals surface area contributed by atoms with Crippen LogP contribution < -0.4 is 5.32 Å². The number of fused-ring (bicyclic) bond motifs is 1. The Morgan fingerprint density at radius 2 is 2.17 bits per heavy atom. The van der Waals surface area contributed by atoms with Gasteiger partial charge in [-0.25, -0.2) is 4.79 Å². The number of esters is 1. The number of methoxy groups -OCH3 is 1. The molecule has 0 fully saturated rings. The SMILES string of the molecule is COC(=O)/C(C)=C/CNc1ccc2c(c1)CCC2. The summed E-state index contributed by atoms with van der Waals surface area (Å²) in [6, 6.07) is 6.51. The van der Waals surface area contributed by atoms with E-state index in [0.29, 0.717) is 12.1 Å². The highest BCUT2D eigenvalue weighted by molar-refractivity contribution is 5.87. The molecule has 18 heavy (non-hydrogen) atoms. The third kappa shape index (κ3) is 2.92. The van der Waals surface area contributed by atoms with Crippen molar-refractivity contribution in [3.05, 3.63) is 41.0 Å². The summed E-state index contributed by atoms with van der Waals surface area (Å²) in [5.74, 6) is -0.272. The van der Waals surface area contributed by atoms with E-state index in [2.05, 4.69) is 28.3 Å². The number of hydrogen-bond donors (Lipinski definition) is 1. The largest absolute Gasteiger partial charge is 0.466 e. The number of aryl methyl sites for hydroxylation is 2. The van der Waals surface area contributed by atoms with Crippen molar-refractivity contribution in [1.29, 1.82) is 0 Å². The fourth-order valence-corrected chi connectivity index (χ4v) is 2.25. The Morgan fingerprint density at radius 3 is 2.94 bits per heavy atom. The van der Waals surface area contributed by atoms with Crippen LogP contribution in [0.2, 0.25) is 0 Å². The molecule has 0 amide bonds. The van der Waals surface area contributed by atoms with Crippen molar-refractivity contribution in [2.45, 2.75) is 26.2 Å². The minimum Gasteiger partial charge on any atom is -0.466 e. The normalized spacial score (nSPS) is 14.2. The third-order valence-electron chi connectivity index (χ3n) is 3.32. The molecule has 2 rings (SSSR count). The van der Waals surface area contributed by atoms with Gasteiger partial charge in [-0.2, -0.15) is 0 Å². The lowest BCUT2D eigenvalue weighted by molar-refractivity contribution is -0.136. The molecule has 0 unspecified atom stereocenters. The van der Waals surface area contributed by atoms with E-state index in [1.807, 2.05) is 6.08 Å². The fraction of sp³-hybridized carbons (Fsp3) is 0.400. The van der Waals surface area contributed by atoms with Gasteiger partial charge in [-0.1, -0.05) is 12.1 Å². The summed E-state index contributed by atoms with van der Waals surface area (Å²) in [5.41, 5.74) is 4.67. The number of benzene rings is 1. The molecule has 0 heterocycles. The van der Waals surface area contributed by atoms with Crippen molar-refractivity contribution >= 4 is 11.7 Å². The summed E-state index contributed by atoms with van der Waals surface area (Å²) in [6.07, 6.45) is 5.50. The predicted molar refractivity (Wildman–Crippen MR) is 72.7 cm³/mol. The summed E-state index contributed by atoms with van der Waals surface area (Å²) in [7, 11) is 1.40. The average molecular weight is 245 g/mol. The van der Waals surface area contributed by atoms with Crippen molar-refractivity contribution in [1.82, 2.24) is 0 Å². The molecule has 0 aromatic heterocycles. The molecular weight excluding hydrogens is 226 g/mol. The molecule has 3 nitrogen and oxygen atoms in total. The summed E-state index contributed by atoms with van der Waals surface area (Å²) in [4.78, 5) is 11.2. The van der Waals surface area contributed by atoms with Crippen LogP contribution in [0.4, 0.5) is 5.69 Å². The van der Waals surface area contributed by atoms with Crippen LogP contribution in [0.3, 0.4) is 0 Å². The molecule has 1 aliphatic rings. The molecule has 1 aromatic carbocycles. The number of carbonyl (C=O) groups excluding carboxylic acids is 1. The van der Waals surface area contributed by atoms with Gasteiger partial charge in [0.2, 0.25) is 0 Å². The Morgan fingerprint density at radius 1 is 1.39 bits per heavy atom. The van der Waals surface area contributed by atoms with Crippen molar-refractivity contribution in [3.8, 4) is 0 Å². The Kier molecular flexibility index (Phi) is 4.03. The monoisotopic (exact) mass is 245 g/mol. The Hall–Kier alpha value is -1.77. The first kappa shape index (κ1) is 12.7. The average Bonchev–Trinajstić information content (AvgIpc) is 2.85. The van der Waals surface area contributed by atoms with E-state index in [9.17, 15) is 4.79 Å². The number of hydrogen-bond acceptors (Lipinski definition) is 3. The van der Waals surface area contributed by atoms with Gasteiger partial charge in [-0.15, -0.1) is 0 Å². The molecule has 0 saturated heterocycles. The Labute approximate surface area is 108 Å². The van der Waals surface area contributed by atoms with Gasteiger partial charge in [0, 0.05) is 17.8 Å². The maximum Gasteiger partial charge on any atom is 0.333 e. The topological polar surface area (TPSA) is 38.3 Å². The summed E-state index contributed by atoms with van der Waals surface area (Å²) in [6.45, 7) is 2.40. The van der Waals surface area contributed by atoms with E-state index in [-0.39, 0.29) is 5.97 Å². The van der Waals surface area contributed by atoms with Gasteiger partial charge in [0.05, 0.1) is 7.11 Å². The van der Waals surface area contributed by atoms with Crippen LogP contribution in [-0.4, -0.2) is 19.6 Å². The number of nitrogens with one attached hydrogen (secondary N) is 1. The van der Waals surface area contributed by atoms with Gasteiger partial charge in [0.15, 0.2) is 0 Å². The lowest BCUT2D eigenvalue weighted by Crippen LogP contribution is -2.05. The maximum atomic E-state index is 11.2. The second-order valence-corrected chi connectivity index (χ2v) is 4.60. The predicted octanol–water partition coefficient (Wildman–Crippen LogP) is 2.71. The van der Waals surface area contributed by atoms with Crippen LogP contribution in [0.25, 0.3) is 0 Å². The van der Waals surface area contributed by atoms with E-state index in [4.69, 9.17) is 0 Å². The first-order valence-electron chi connectivity index (χ1n) is 6.31. The zero-order valence-electron chi connectivity index (χ0n) is 11.0. The standard InChI is InChI=1S/C15H19NO2/c1-11(15(17)18-2)8-9-16-14-7-6-12-4-3-5-13(12)10-14/h6-8,10,16H,3-5,9H2,1-2H3/b11-8+. The number of rotatable bonds is 4. The molecule has 0 saturated carbocycles. The maximum absolute atomic E-state index is 11.2. The van der Waals surface area contributed by atoms with Crippen LogP contribution >= 0.6 is 0 Å². The van der Waals surface area contributed by atoms with E-state index in [1.165, 1.54) is 37.5 Å². The van der Waals surface area contributed by atoms with Crippen LogP contribution in [-0.2, 0) is 22.4 Å². The smallest absolute Gasteiger partial charge is 0.333 e. The van der Waals surface area contributed by atoms with Gasteiger partial charge in [-0.05, 0) is 49.4 Å². The molecule has 0 atom stereocenters. The molecule has 3 heteroatoms. The summed E-state index contributed by atoms with van der Waals surface area (Å²) >= 11 is 0. The molecule has 0 aliphatic heterocycles. The highest BCUT2D eigenvalue weighted by Gasteiger charge is 2.10. The molecule has 0 radical (unpaired) electrons. The zero-order chi connectivity index (χ0) is 13.0. The quantitative estimate of drug-likeness (QED) is 0.654. The minimum atomic E-state index is -0.272.